The maximum absolute atomic E-state index is 12.8. The largest absolute Gasteiger partial charge is 0.380 e. The van der Waals surface area contributed by atoms with E-state index < -0.39 is 16.8 Å². The average Bonchev–Trinajstić information content (AvgIpc) is 2.39. The lowest BCUT2D eigenvalue weighted by Crippen LogP contribution is -2.49. The molecule has 3 atom stereocenters. The van der Waals surface area contributed by atoms with Gasteiger partial charge in [0.05, 0.1) is 34.7 Å². The van der Waals surface area contributed by atoms with Crippen molar-refractivity contribution in [2.45, 2.75) is 17.8 Å². The SMILES string of the molecule is COC1CC(S(N)=O)CN(c2ncc(F)cn2)C1. The summed E-state index contributed by atoms with van der Waals surface area (Å²) in [6, 6.07) is 0. The maximum Gasteiger partial charge on any atom is 0.225 e. The van der Waals surface area contributed by atoms with Crippen molar-refractivity contribution in [1.29, 1.82) is 0 Å². The van der Waals surface area contributed by atoms with Crippen LogP contribution in [-0.2, 0) is 15.7 Å². The van der Waals surface area contributed by atoms with E-state index in [9.17, 15) is 8.60 Å². The number of methoxy groups -OCH3 is 1. The molecule has 1 aliphatic rings. The van der Waals surface area contributed by atoms with Gasteiger partial charge >= 0.3 is 0 Å². The highest BCUT2D eigenvalue weighted by Gasteiger charge is 2.31. The Balaban J connectivity index is 2.16. The molecule has 0 aliphatic carbocycles. The summed E-state index contributed by atoms with van der Waals surface area (Å²) in [6.45, 7) is 1.06. The van der Waals surface area contributed by atoms with Gasteiger partial charge in [0, 0.05) is 20.2 Å². The van der Waals surface area contributed by atoms with Crippen molar-refractivity contribution in [1.82, 2.24) is 9.97 Å². The molecule has 0 aromatic carbocycles. The number of nitrogens with zero attached hydrogens (tertiary/aromatic N) is 3. The molecule has 0 radical (unpaired) electrons. The second kappa shape index (κ2) is 5.68. The summed E-state index contributed by atoms with van der Waals surface area (Å²) in [5.74, 6) is -0.0911. The predicted octanol–water partition coefficient (Wildman–Crippen LogP) is -0.168. The van der Waals surface area contributed by atoms with Crippen molar-refractivity contribution in [3.63, 3.8) is 0 Å². The summed E-state index contributed by atoms with van der Waals surface area (Å²) in [4.78, 5) is 9.63. The third kappa shape index (κ3) is 3.01. The van der Waals surface area contributed by atoms with E-state index >= 15 is 0 Å². The van der Waals surface area contributed by atoms with E-state index in [1.54, 1.807) is 7.11 Å². The second-order valence-electron chi connectivity index (χ2n) is 4.15. The number of aromatic nitrogens is 2. The first-order valence-corrected chi connectivity index (χ1v) is 6.78. The lowest BCUT2D eigenvalue weighted by molar-refractivity contribution is 0.0902. The van der Waals surface area contributed by atoms with Crippen molar-refractivity contribution in [3.05, 3.63) is 18.2 Å². The summed E-state index contributed by atoms with van der Waals surface area (Å²) in [5.41, 5.74) is 0. The first-order chi connectivity index (χ1) is 8.60. The molecule has 2 N–H and O–H groups in total. The molecule has 1 fully saturated rings. The van der Waals surface area contributed by atoms with E-state index in [0.29, 0.717) is 25.5 Å². The molecule has 2 heterocycles. The molecule has 0 bridgehead atoms. The summed E-state index contributed by atoms with van der Waals surface area (Å²) in [7, 11) is 0.169. The van der Waals surface area contributed by atoms with Crippen LogP contribution in [0, 0.1) is 5.82 Å². The molecule has 0 saturated carbocycles. The minimum absolute atomic E-state index is 0.0788. The lowest BCUT2D eigenvalue weighted by Gasteiger charge is -2.35. The van der Waals surface area contributed by atoms with Crippen molar-refractivity contribution >= 4 is 16.9 Å². The minimum Gasteiger partial charge on any atom is -0.380 e. The van der Waals surface area contributed by atoms with Gasteiger partial charge in [-0.1, -0.05) is 0 Å². The maximum atomic E-state index is 12.8. The monoisotopic (exact) mass is 274 g/mol. The van der Waals surface area contributed by atoms with Gasteiger partial charge < -0.3 is 9.64 Å². The van der Waals surface area contributed by atoms with Crippen LogP contribution in [0.1, 0.15) is 6.42 Å². The van der Waals surface area contributed by atoms with Crippen molar-refractivity contribution in [2.75, 3.05) is 25.1 Å². The Morgan fingerprint density at radius 2 is 2.17 bits per heavy atom. The Kier molecular flexibility index (Phi) is 4.20. The number of ether oxygens (including phenoxy) is 1. The number of anilines is 1. The Morgan fingerprint density at radius 3 is 2.72 bits per heavy atom. The topological polar surface area (TPSA) is 81.3 Å². The molecule has 1 aromatic heterocycles. The highest BCUT2D eigenvalue weighted by atomic mass is 32.2. The summed E-state index contributed by atoms with van der Waals surface area (Å²) < 4.78 is 29.4. The van der Waals surface area contributed by atoms with E-state index in [1.165, 1.54) is 0 Å². The molecule has 1 aliphatic heterocycles. The van der Waals surface area contributed by atoms with Gasteiger partial charge in [0.25, 0.3) is 0 Å². The van der Waals surface area contributed by atoms with E-state index in [4.69, 9.17) is 9.88 Å². The number of hydrogen-bond donors (Lipinski definition) is 1. The van der Waals surface area contributed by atoms with Crippen molar-refractivity contribution < 1.29 is 13.3 Å². The molecular formula is C10H15FN4O2S. The number of piperidine rings is 1. The molecule has 8 heteroatoms. The van der Waals surface area contributed by atoms with Crippen LogP contribution in [0.5, 0.6) is 0 Å². The Morgan fingerprint density at radius 1 is 1.50 bits per heavy atom. The Bertz CT molecular complexity index is 430. The standard InChI is InChI=1S/C10H15FN4O2S/c1-17-8-2-9(18(12)16)6-15(5-8)10-13-3-7(11)4-14-10/h3-4,8-9H,2,5-6,12H2,1H3. The highest BCUT2D eigenvalue weighted by Crippen LogP contribution is 2.20. The molecule has 0 spiro atoms. The van der Waals surface area contributed by atoms with Crippen LogP contribution in [-0.4, -0.2) is 45.7 Å². The molecule has 1 aromatic rings. The summed E-state index contributed by atoms with van der Waals surface area (Å²) >= 11 is 0. The van der Waals surface area contributed by atoms with Gasteiger partial charge in [-0.2, -0.15) is 0 Å². The molecule has 3 unspecified atom stereocenters. The van der Waals surface area contributed by atoms with Gasteiger partial charge in [0.2, 0.25) is 5.95 Å². The molecule has 100 valence electrons. The van der Waals surface area contributed by atoms with Crippen LogP contribution >= 0.6 is 0 Å². The number of nitrogens with two attached hydrogens (primary N) is 1. The predicted molar refractivity (Wildman–Crippen MR) is 65.7 cm³/mol. The molecule has 1 saturated heterocycles. The van der Waals surface area contributed by atoms with E-state index in [1.807, 2.05) is 4.90 Å². The molecule has 2 rings (SSSR count). The Labute approximate surface area is 107 Å². The van der Waals surface area contributed by atoms with Crippen LogP contribution < -0.4 is 10.0 Å². The normalized spacial score (nSPS) is 26.1. The summed E-state index contributed by atoms with van der Waals surface area (Å²) in [5, 5.41) is 5.24. The average molecular weight is 274 g/mol. The van der Waals surface area contributed by atoms with Gasteiger partial charge in [-0.05, 0) is 6.42 Å². The Hall–Kier alpha value is -1.12. The summed E-state index contributed by atoms with van der Waals surface area (Å²) in [6.07, 6.45) is 2.77. The third-order valence-electron chi connectivity index (χ3n) is 2.93. The van der Waals surface area contributed by atoms with E-state index in [0.717, 1.165) is 12.4 Å². The lowest BCUT2D eigenvalue weighted by atomic mass is 10.1. The smallest absolute Gasteiger partial charge is 0.225 e. The van der Waals surface area contributed by atoms with Gasteiger partial charge in [0.15, 0.2) is 5.82 Å². The molecule has 18 heavy (non-hydrogen) atoms. The van der Waals surface area contributed by atoms with Crippen LogP contribution in [0.25, 0.3) is 0 Å². The van der Waals surface area contributed by atoms with E-state index in [2.05, 4.69) is 9.97 Å². The zero-order valence-electron chi connectivity index (χ0n) is 9.95. The van der Waals surface area contributed by atoms with Crippen LogP contribution in [0.4, 0.5) is 10.3 Å². The number of hydrogen-bond acceptors (Lipinski definition) is 5. The fourth-order valence-corrected chi connectivity index (χ4v) is 2.71. The van der Waals surface area contributed by atoms with Crippen LogP contribution in [0.2, 0.25) is 0 Å². The number of halogens is 1. The van der Waals surface area contributed by atoms with Crippen molar-refractivity contribution in [2.24, 2.45) is 5.14 Å². The second-order valence-corrected chi connectivity index (χ2v) is 5.47. The minimum atomic E-state index is -1.42. The first kappa shape index (κ1) is 13.3. The van der Waals surface area contributed by atoms with E-state index in [-0.39, 0.29) is 11.4 Å². The van der Waals surface area contributed by atoms with Gasteiger partial charge in [-0.3, -0.25) is 5.14 Å². The molecule has 0 amide bonds. The zero-order chi connectivity index (χ0) is 13.1. The number of rotatable bonds is 3. The highest BCUT2D eigenvalue weighted by molar-refractivity contribution is 7.83. The van der Waals surface area contributed by atoms with Crippen LogP contribution in [0.15, 0.2) is 12.4 Å². The molecular weight excluding hydrogens is 259 g/mol. The van der Waals surface area contributed by atoms with Gasteiger partial charge in [-0.15, -0.1) is 0 Å². The fraction of sp³-hybridized carbons (Fsp3) is 0.600. The van der Waals surface area contributed by atoms with Gasteiger partial charge in [-0.25, -0.2) is 18.6 Å². The quantitative estimate of drug-likeness (QED) is 0.827. The first-order valence-electron chi connectivity index (χ1n) is 5.50. The van der Waals surface area contributed by atoms with Gasteiger partial charge in [0.1, 0.15) is 0 Å². The zero-order valence-corrected chi connectivity index (χ0v) is 10.8. The van der Waals surface area contributed by atoms with Crippen LogP contribution in [0.3, 0.4) is 0 Å². The third-order valence-corrected chi connectivity index (χ3v) is 3.92. The molecule has 6 nitrogen and oxygen atoms in total. The fourth-order valence-electron chi connectivity index (χ4n) is 1.98. The van der Waals surface area contributed by atoms with Crippen molar-refractivity contribution in [3.8, 4) is 0 Å².